The van der Waals surface area contributed by atoms with Crippen LogP contribution in [0.5, 0.6) is 0 Å². The van der Waals surface area contributed by atoms with Gasteiger partial charge in [0.25, 0.3) is 0 Å². The summed E-state index contributed by atoms with van der Waals surface area (Å²) in [4.78, 5) is 2.71. The number of aryl methyl sites for hydroxylation is 1. The maximum Gasteiger partial charge on any atom is 0.0544 e. The number of rotatable bonds is 6. The van der Waals surface area contributed by atoms with Gasteiger partial charge in [-0.25, -0.2) is 0 Å². The second kappa shape index (κ2) is 14.6. The zero-order valence-electron chi connectivity index (χ0n) is 37.0. The van der Waals surface area contributed by atoms with Crippen molar-refractivity contribution < 1.29 is 0 Å². The van der Waals surface area contributed by atoms with E-state index in [-0.39, 0.29) is 0 Å². The molecule has 1 fully saturated rings. The second-order valence-corrected chi connectivity index (χ2v) is 18.8. The lowest BCUT2D eigenvalue weighted by atomic mass is 9.82. The highest BCUT2D eigenvalue weighted by atomic mass is 15.2. The van der Waals surface area contributed by atoms with Crippen LogP contribution in [0.1, 0.15) is 53.9 Å². The monoisotopic (exact) mass is 848 g/mol. The molecule has 0 amide bonds. The van der Waals surface area contributed by atoms with Gasteiger partial charge < -0.3 is 18.6 Å². The van der Waals surface area contributed by atoms with Gasteiger partial charge in [-0.2, -0.15) is 0 Å². The van der Waals surface area contributed by atoms with Crippen molar-refractivity contribution in [3.8, 4) is 17.1 Å². The molecule has 0 radical (unpaired) electrons. The van der Waals surface area contributed by atoms with Gasteiger partial charge in [-0.15, -0.1) is 0 Å². The molecule has 66 heavy (non-hydrogen) atoms. The van der Waals surface area contributed by atoms with Crippen LogP contribution in [-0.4, -0.2) is 19.7 Å². The molecule has 2 aliphatic rings. The van der Waals surface area contributed by atoms with Crippen molar-refractivity contribution in [3.05, 3.63) is 222 Å². The zero-order valence-corrected chi connectivity index (χ0v) is 37.0. The van der Waals surface area contributed by atoms with Crippen LogP contribution in [0.3, 0.4) is 0 Å². The topological polar surface area (TPSA) is 18.0 Å². The molecule has 4 heteroatoms. The van der Waals surface area contributed by atoms with E-state index in [1.165, 1.54) is 142 Å². The van der Waals surface area contributed by atoms with E-state index < -0.39 is 0 Å². The fraction of sp³-hybridized carbons (Fsp3) is 0.129. The van der Waals surface area contributed by atoms with E-state index in [9.17, 15) is 0 Å². The van der Waals surface area contributed by atoms with Crippen LogP contribution in [0.4, 0.5) is 11.4 Å². The van der Waals surface area contributed by atoms with Crippen LogP contribution in [0, 0.1) is 6.92 Å². The molecule has 0 saturated heterocycles. The van der Waals surface area contributed by atoms with E-state index in [0.717, 1.165) is 6.42 Å². The summed E-state index contributed by atoms with van der Waals surface area (Å²) < 4.78 is 7.42. The minimum atomic E-state index is 0.459. The average Bonchev–Trinajstić information content (AvgIpc) is 4.10. The van der Waals surface area contributed by atoms with Crippen LogP contribution >= 0.6 is 0 Å². The lowest BCUT2D eigenvalue weighted by molar-refractivity contribution is 0.402. The summed E-state index contributed by atoms with van der Waals surface area (Å²) in [5, 5.41) is 7.79. The van der Waals surface area contributed by atoms with Crippen molar-refractivity contribution in [2.24, 2.45) is 0 Å². The SMILES string of the molecule is Cc1ccc(-n2c3ccccc3c3ccccc32)cc1-n1c2ccccc2c2c(Cc3cccc(N4c5ccc(-n6c7ccccc7c7ccccc76)cc5C5CCCCC54)c3)cccc21. The summed E-state index contributed by atoms with van der Waals surface area (Å²) in [6.45, 7) is 2.25. The first-order chi connectivity index (χ1) is 32.7. The van der Waals surface area contributed by atoms with Gasteiger partial charge in [0.15, 0.2) is 0 Å². The predicted molar refractivity (Wildman–Crippen MR) is 277 cm³/mol. The Labute approximate surface area is 384 Å². The third kappa shape index (κ3) is 5.51. The van der Waals surface area contributed by atoms with Crippen molar-refractivity contribution in [1.29, 1.82) is 0 Å². The largest absolute Gasteiger partial charge is 0.338 e. The molecule has 1 aliphatic carbocycles. The second-order valence-electron chi connectivity index (χ2n) is 18.8. The first kappa shape index (κ1) is 37.5. The first-order valence-electron chi connectivity index (χ1n) is 23.8. The van der Waals surface area contributed by atoms with Gasteiger partial charge in [-0.3, -0.25) is 0 Å². The quantitative estimate of drug-likeness (QED) is 0.163. The van der Waals surface area contributed by atoms with Crippen LogP contribution in [0.25, 0.3) is 82.5 Å². The van der Waals surface area contributed by atoms with Crippen LogP contribution < -0.4 is 4.90 Å². The molecule has 12 aromatic rings. The van der Waals surface area contributed by atoms with Gasteiger partial charge in [-0.1, -0.05) is 134 Å². The van der Waals surface area contributed by atoms with Crippen LogP contribution in [-0.2, 0) is 6.42 Å². The molecular formula is C62H48N4. The predicted octanol–water partition coefficient (Wildman–Crippen LogP) is 16.1. The summed E-state index contributed by atoms with van der Waals surface area (Å²) in [7, 11) is 0. The Hall–Kier alpha value is -7.82. The van der Waals surface area contributed by atoms with Gasteiger partial charge in [-0.05, 0) is 127 Å². The Morgan fingerprint density at radius 3 is 1.59 bits per heavy atom. The highest BCUT2D eigenvalue weighted by Gasteiger charge is 2.41. The molecule has 9 aromatic carbocycles. The summed E-state index contributed by atoms with van der Waals surface area (Å²) in [5.41, 5.74) is 19.2. The molecule has 1 aliphatic heterocycles. The fourth-order valence-corrected chi connectivity index (χ4v) is 12.4. The number of fused-ring (bicyclic) bond motifs is 12. The van der Waals surface area contributed by atoms with Gasteiger partial charge in [0, 0.05) is 67.0 Å². The Bertz CT molecular complexity index is 3810. The van der Waals surface area contributed by atoms with Gasteiger partial charge in [0.2, 0.25) is 0 Å². The van der Waals surface area contributed by atoms with E-state index in [2.05, 4.69) is 226 Å². The van der Waals surface area contributed by atoms with Crippen molar-refractivity contribution in [1.82, 2.24) is 13.7 Å². The lowest BCUT2D eigenvalue weighted by Gasteiger charge is -2.34. The maximum absolute atomic E-state index is 2.71. The fourth-order valence-electron chi connectivity index (χ4n) is 12.4. The van der Waals surface area contributed by atoms with Crippen molar-refractivity contribution >= 4 is 76.8 Å². The first-order valence-corrected chi connectivity index (χ1v) is 23.8. The van der Waals surface area contributed by atoms with E-state index in [4.69, 9.17) is 0 Å². The Morgan fingerprint density at radius 2 is 0.939 bits per heavy atom. The standard InChI is InChI=1S/C62H48N4/c1-40-32-33-45(65-55-27-10-4-21-48(55)49-22-5-11-28-56(49)65)39-61(40)66-58-30-13-7-24-51(58)62-42(17-15-31-60(62)66)36-41-16-14-18-43(37-41)63-57-29-12-6-23-50(57)52-38-44(34-35-59(52)63)64-53-25-8-2-19-46(53)47-20-3-9-26-54(47)64/h2-5,7-11,13-22,24-28,30-35,37-39,50,57H,6,12,23,29,36H2,1H3. The molecular weight excluding hydrogens is 801 g/mol. The average molecular weight is 849 g/mol. The summed E-state index contributed by atoms with van der Waals surface area (Å²) in [5.74, 6) is 0.516. The molecule has 316 valence electrons. The molecule has 3 aromatic heterocycles. The van der Waals surface area contributed by atoms with E-state index >= 15 is 0 Å². The number of hydrogen-bond acceptors (Lipinski definition) is 1. The third-order valence-corrected chi connectivity index (χ3v) is 15.2. The highest BCUT2D eigenvalue weighted by Crippen LogP contribution is 2.52. The number of para-hydroxylation sites is 5. The summed E-state index contributed by atoms with van der Waals surface area (Å²) in [6, 6.07) is 75.4. The van der Waals surface area contributed by atoms with E-state index in [1.54, 1.807) is 0 Å². The number of hydrogen-bond donors (Lipinski definition) is 0. The molecule has 4 nitrogen and oxygen atoms in total. The summed E-state index contributed by atoms with van der Waals surface area (Å²) >= 11 is 0. The minimum absolute atomic E-state index is 0.459. The zero-order chi connectivity index (χ0) is 43.5. The molecule has 4 heterocycles. The third-order valence-electron chi connectivity index (χ3n) is 15.2. The number of nitrogens with zero attached hydrogens (tertiary/aromatic N) is 4. The normalized spacial score (nSPS) is 16.0. The van der Waals surface area contributed by atoms with Crippen molar-refractivity contribution in [2.45, 2.75) is 51.0 Å². The van der Waals surface area contributed by atoms with Crippen LogP contribution in [0.15, 0.2) is 200 Å². The smallest absolute Gasteiger partial charge is 0.0544 e. The molecule has 0 bridgehead atoms. The molecule has 1 saturated carbocycles. The molecule has 0 N–H and O–H groups in total. The Kier molecular flexibility index (Phi) is 8.31. The van der Waals surface area contributed by atoms with Gasteiger partial charge in [0.1, 0.15) is 0 Å². The molecule has 14 rings (SSSR count). The Balaban J connectivity index is 0.863. The summed E-state index contributed by atoms with van der Waals surface area (Å²) in [6.07, 6.45) is 5.86. The number of benzene rings is 9. The number of aromatic nitrogens is 3. The van der Waals surface area contributed by atoms with Crippen molar-refractivity contribution in [3.63, 3.8) is 0 Å². The van der Waals surface area contributed by atoms with E-state index in [0.29, 0.717) is 12.0 Å². The Morgan fingerprint density at radius 1 is 0.409 bits per heavy atom. The molecule has 2 atom stereocenters. The number of anilines is 2. The lowest BCUT2D eigenvalue weighted by Crippen LogP contribution is -2.32. The maximum atomic E-state index is 2.71. The highest BCUT2D eigenvalue weighted by molar-refractivity contribution is 6.12. The van der Waals surface area contributed by atoms with E-state index in [1.807, 2.05) is 0 Å². The van der Waals surface area contributed by atoms with Gasteiger partial charge >= 0.3 is 0 Å². The molecule has 2 unspecified atom stereocenters. The van der Waals surface area contributed by atoms with Crippen LogP contribution in [0.2, 0.25) is 0 Å². The van der Waals surface area contributed by atoms with Crippen molar-refractivity contribution in [2.75, 3.05) is 4.90 Å². The molecule has 0 spiro atoms. The minimum Gasteiger partial charge on any atom is -0.338 e. The van der Waals surface area contributed by atoms with Gasteiger partial charge in [0.05, 0.1) is 38.8 Å².